The summed E-state index contributed by atoms with van der Waals surface area (Å²) < 4.78 is 11.4. The normalized spacial score (nSPS) is 41.5. The molecule has 4 nitrogen and oxygen atoms in total. The highest BCUT2D eigenvalue weighted by molar-refractivity contribution is 5.04. The zero-order chi connectivity index (χ0) is 12.4. The molecule has 1 unspecified atom stereocenters. The van der Waals surface area contributed by atoms with Crippen molar-refractivity contribution >= 4 is 0 Å². The molecule has 0 aromatic carbocycles. The zero-order valence-electron chi connectivity index (χ0n) is 11.1. The third-order valence-corrected chi connectivity index (χ3v) is 4.17. The van der Waals surface area contributed by atoms with Gasteiger partial charge in [0.25, 0.3) is 0 Å². The van der Waals surface area contributed by atoms with Crippen LogP contribution >= 0.6 is 0 Å². The number of hydrogen-bond donors (Lipinski definition) is 2. The average molecular weight is 242 g/mol. The Morgan fingerprint density at radius 1 is 1.47 bits per heavy atom. The lowest BCUT2D eigenvalue weighted by molar-refractivity contribution is -0.0586. The van der Waals surface area contributed by atoms with E-state index >= 15 is 0 Å². The van der Waals surface area contributed by atoms with Gasteiger partial charge in [-0.05, 0) is 39.5 Å². The van der Waals surface area contributed by atoms with Gasteiger partial charge in [-0.3, -0.25) is 0 Å². The average Bonchev–Trinajstić information content (AvgIpc) is 2.69. The first-order valence-electron chi connectivity index (χ1n) is 6.82. The summed E-state index contributed by atoms with van der Waals surface area (Å²) in [5, 5.41) is 3.62. The van der Waals surface area contributed by atoms with E-state index in [-0.39, 0.29) is 11.1 Å². The molecule has 1 heterocycles. The van der Waals surface area contributed by atoms with Gasteiger partial charge in [-0.2, -0.15) is 0 Å². The van der Waals surface area contributed by atoms with Gasteiger partial charge in [0.15, 0.2) is 0 Å². The van der Waals surface area contributed by atoms with E-state index in [9.17, 15) is 0 Å². The molecule has 1 atom stereocenters. The van der Waals surface area contributed by atoms with Crippen LogP contribution in [0.25, 0.3) is 0 Å². The van der Waals surface area contributed by atoms with Crippen molar-refractivity contribution in [1.82, 2.24) is 5.32 Å². The molecule has 100 valence electrons. The maximum absolute atomic E-state index is 5.90. The Balaban J connectivity index is 1.77. The molecule has 0 amide bonds. The Morgan fingerprint density at radius 3 is 2.76 bits per heavy atom. The van der Waals surface area contributed by atoms with Crippen molar-refractivity contribution in [3.05, 3.63) is 0 Å². The van der Waals surface area contributed by atoms with Crippen LogP contribution in [0, 0.1) is 0 Å². The molecular weight excluding hydrogens is 216 g/mol. The maximum Gasteiger partial charge on any atom is 0.0779 e. The van der Waals surface area contributed by atoms with Gasteiger partial charge >= 0.3 is 0 Å². The Labute approximate surface area is 104 Å². The number of rotatable bonds is 6. The summed E-state index contributed by atoms with van der Waals surface area (Å²) in [6.45, 7) is 7.52. The molecule has 1 aliphatic carbocycles. The molecular formula is C13H26N2O2. The lowest BCUT2D eigenvalue weighted by atomic mass is 9.73. The van der Waals surface area contributed by atoms with Gasteiger partial charge in [-0.1, -0.05) is 0 Å². The molecule has 1 aliphatic heterocycles. The largest absolute Gasteiger partial charge is 0.378 e. The van der Waals surface area contributed by atoms with E-state index in [1.807, 2.05) is 6.92 Å². The predicted molar refractivity (Wildman–Crippen MR) is 68.0 cm³/mol. The molecule has 2 rings (SSSR count). The third-order valence-electron chi connectivity index (χ3n) is 4.17. The molecule has 17 heavy (non-hydrogen) atoms. The molecule has 3 N–H and O–H groups in total. The van der Waals surface area contributed by atoms with Crippen molar-refractivity contribution in [3.63, 3.8) is 0 Å². The maximum atomic E-state index is 5.90. The van der Waals surface area contributed by atoms with Crippen LogP contribution in [0.2, 0.25) is 0 Å². The summed E-state index contributed by atoms with van der Waals surface area (Å²) in [6.07, 6.45) is 4.79. The fourth-order valence-electron chi connectivity index (χ4n) is 2.90. The minimum atomic E-state index is 0.0128. The molecule has 1 saturated carbocycles. The Kier molecular flexibility index (Phi) is 4.08. The van der Waals surface area contributed by atoms with Crippen molar-refractivity contribution in [2.75, 3.05) is 26.3 Å². The molecule has 1 saturated heterocycles. The molecule has 0 radical (unpaired) electrons. The van der Waals surface area contributed by atoms with E-state index < -0.39 is 0 Å². The van der Waals surface area contributed by atoms with E-state index in [1.54, 1.807) is 0 Å². The summed E-state index contributed by atoms with van der Waals surface area (Å²) >= 11 is 0. The summed E-state index contributed by atoms with van der Waals surface area (Å²) in [5.74, 6) is 0. The quantitative estimate of drug-likeness (QED) is 0.731. The molecule has 0 bridgehead atoms. The molecule has 0 spiro atoms. The molecule has 2 fully saturated rings. The first-order valence-corrected chi connectivity index (χ1v) is 6.82. The summed E-state index contributed by atoms with van der Waals surface area (Å²) in [7, 11) is 0. The van der Waals surface area contributed by atoms with Crippen LogP contribution in [-0.2, 0) is 9.47 Å². The molecule has 0 aromatic rings. The minimum absolute atomic E-state index is 0.0128. The second-order valence-electron chi connectivity index (χ2n) is 5.73. The first kappa shape index (κ1) is 13.3. The van der Waals surface area contributed by atoms with Gasteiger partial charge in [0, 0.05) is 31.8 Å². The van der Waals surface area contributed by atoms with Gasteiger partial charge in [0.2, 0.25) is 0 Å². The van der Waals surface area contributed by atoms with Crippen LogP contribution in [0.15, 0.2) is 0 Å². The summed E-state index contributed by atoms with van der Waals surface area (Å²) in [5.41, 5.74) is 6.00. The lowest BCUT2D eigenvalue weighted by Crippen LogP contribution is -2.64. The van der Waals surface area contributed by atoms with Crippen LogP contribution in [-0.4, -0.2) is 43.5 Å². The lowest BCUT2D eigenvalue weighted by Gasteiger charge is -2.48. The fourth-order valence-corrected chi connectivity index (χ4v) is 2.90. The number of hydrogen-bond acceptors (Lipinski definition) is 4. The van der Waals surface area contributed by atoms with E-state index in [2.05, 4.69) is 12.2 Å². The van der Waals surface area contributed by atoms with Crippen molar-refractivity contribution in [3.8, 4) is 0 Å². The molecule has 4 heteroatoms. The van der Waals surface area contributed by atoms with Crippen molar-refractivity contribution in [2.24, 2.45) is 5.73 Å². The van der Waals surface area contributed by atoms with Gasteiger partial charge in [-0.25, -0.2) is 0 Å². The summed E-state index contributed by atoms with van der Waals surface area (Å²) in [6, 6.07) is 0. The van der Waals surface area contributed by atoms with Crippen molar-refractivity contribution in [2.45, 2.75) is 56.8 Å². The molecule has 2 aliphatic rings. The van der Waals surface area contributed by atoms with E-state index in [1.165, 1.54) is 6.42 Å². The van der Waals surface area contributed by atoms with Crippen molar-refractivity contribution < 1.29 is 9.47 Å². The molecule has 0 aromatic heterocycles. The van der Waals surface area contributed by atoms with Gasteiger partial charge in [0.1, 0.15) is 0 Å². The number of nitrogens with one attached hydrogen (secondary N) is 1. The Bertz CT molecular complexity index is 246. The van der Waals surface area contributed by atoms with Crippen LogP contribution in [0.1, 0.15) is 39.5 Å². The first-order chi connectivity index (χ1) is 8.11. The van der Waals surface area contributed by atoms with Gasteiger partial charge < -0.3 is 20.5 Å². The van der Waals surface area contributed by atoms with E-state index in [0.29, 0.717) is 12.6 Å². The predicted octanol–water partition coefficient (Wildman–Crippen LogP) is 1.04. The monoisotopic (exact) mass is 242 g/mol. The second-order valence-corrected chi connectivity index (χ2v) is 5.73. The summed E-state index contributed by atoms with van der Waals surface area (Å²) in [4.78, 5) is 0. The minimum Gasteiger partial charge on any atom is -0.378 e. The fraction of sp³-hybridized carbons (Fsp3) is 1.00. The van der Waals surface area contributed by atoms with E-state index in [0.717, 1.165) is 39.0 Å². The number of ether oxygens (including phenoxy) is 2. The highest BCUT2D eigenvalue weighted by Gasteiger charge is 2.45. The third kappa shape index (κ3) is 2.99. The van der Waals surface area contributed by atoms with Gasteiger partial charge in [-0.15, -0.1) is 0 Å². The zero-order valence-corrected chi connectivity index (χ0v) is 11.1. The van der Waals surface area contributed by atoms with Crippen LogP contribution in [0.5, 0.6) is 0 Å². The van der Waals surface area contributed by atoms with Crippen LogP contribution < -0.4 is 11.1 Å². The van der Waals surface area contributed by atoms with Crippen LogP contribution in [0.3, 0.4) is 0 Å². The number of nitrogens with two attached hydrogens (primary N) is 1. The Morgan fingerprint density at radius 2 is 2.24 bits per heavy atom. The topological polar surface area (TPSA) is 56.5 Å². The highest BCUT2D eigenvalue weighted by atomic mass is 16.5. The second kappa shape index (κ2) is 5.22. The standard InChI is InChI=1S/C13H26N2O2/c1-3-16-11-7-13(8-11,9-14)15-10-12(2)5-4-6-17-12/h11,15H,3-10,14H2,1-2H3. The van der Waals surface area contributed by atoms with E-state index in [4.69, 9.17) is 15.2 Å². The highest BCUT2D eigenvalue weighted by Crippen LogP contribution is 2.35. The Hall–Kier alpha value is -0.160. The van der Waals surface area contributed by atoms with Crippen molar-refractivity contribution in [1.29, 1.82) is 0 Å². The SMILES string of the molecule is CCOC1CC(CN)(NCC2(C)CCCO2)C1. The smallest absolute Gasteiger partial charge is 0.0779 e. The van der Waals surface area contributed by atoms with Crippen LogP contribution in [0.4, 0.5) is 0 Å². The van der Waals surface area contributed by atoms with Gasteiger partial charge in [0.05, 0.1) is 11.7 Å².